The number of halogens is 1. The molecule has 0 amide bonds. The highest BCUT2D eigenvalue weighted by Gasteiger charge is 2.17. The quantitative estimate of drug-likeness (QED) is 0.907. The van der Waals surface area contributed by atoms with Gasteiger partial charge in [-0.1, -0.05) is 12.1 Å². The molecule has 0 atom stereocenters. The van der Waals surface area contributed by atoms with Crippen molar-refractivity contribution in [3.8, 4) is 10.6 Å². The fourth-order valence-electron chi connectivity index (χ4n) is 1.87. The van der Waals surface area contributed by atoms with E-state index in [1.165, 1.54) is 17.4 Å². The summed E-state index contributed by atoms with van der Waals surface area (Å²) in [6, 6.07) is 6.72. The molecule has 2 aromatic rings. The van der Waals surface area contributed by atoms with Crippen LogP contribution < -0.4 is 5.32 Å². The van der Waals surface area contributed by atoms with Crippen molar-refractivity contribution in [3.05, 3.63) is 40.7 Å². The van der Waals surface area contributed by atoms with E-state index in [1.807, 2.05) is 6.07 Å². The van der Waals surface area contributed by atoms with Crippen LogP contribution in [-0.2, 0) is 17.9 Å². The van der Waals surface area contributed by atoms with Crippen molar-refractivity contribution >= 4 is 11.3 Å². The number of ether oxygens (including phenoxy) is 1. The first-order valence-corrected chi connectivity index (χ1v) is 7.70. The second-order valence-electron chi connectivity index (χ2n) is 5.91. The Morgan fingerprint density at radius 3 is 2.62 bits per heavy atom. The molecule has 1 N–H and O–H groups in total. The van der Waals surface area contributed by atoms with E-state index in [0.717, 1.165) is 10.6 Å². The first-order chi connectivity index (χ1) is 9.90. The maximum absolute atomic E-state index is 13.9. The zero-order valence-corrected chi connectivity index (χ0v) is 13.7. The number of nitrogens with one attached hydrogen (secondary N) is 1. The summed E-state index contributed by atoms with van der Waals surface area (Å²) in [5, 5.41) is 4.14. The molecule has 0 spiro atoms. The third-order valence-corrected chi connectivity index (χ3v) is 4.07. The minimum atomic E-state index is -0.245. The van der Waals surface area contributed by atoms with E-state index in [4.69, 9.17) is 4.74 Å². The van der Waals surface area contributed by atoms with Crippen LogP contribution in [0.4, 0.5) is 4.39 Å². The Kier molecular flexibility index (Phi) is 5.08. The van der Waals surface area contributed by atoms with E-state index < -0.39 is 0 Å². The van der Waals surface area contributed by atoms with E-state index in [9.17, 15) is 4.39 Å². The van der Waals surface area contributed by atoms with Gasteiger partial charge in [0, 0.05) is 29.6 Å². The van der Waals surface area contributed by atoms with Crippen molar-refractivity contribution in [1.82, 2.24) is 10.3 Å². The molecule has 0 fully saturated rings. The smallest absolute Gasteiger partial charge is 0.133 e. The SMILES string of the molecule is COCc1nc(-c2ccccc2F)sc1CNC(C)(C)C. The molecule has 0 aliphatic carbocycles. The van der Waals surface area contributed by atoms with Crippen LogP contribution in [0.2, 0.25) is 0 Å². The van der Waals surface area contributed by atoms with Crippen LogP contribution in [-0.4, -0.2) is 17.6 Å². The monoisotopic (exact) mass is 308 g/mol. The molecular weight excluding hydrogens is 287 g/mol. The molecule has 0 aliphatic rings. The van der Waals surface area contributed by atoms with Gasteiger partial charge < -0.3 is 10.1 Å². The Balaban J connectivity index is 2.30. The summed E-state index contributed by atoms with van der Waals surface area (Å²) in [6.07, 6.45) is 0. The second-order valence-corrected chi connectivity index (χ2v) is 6.99. The topological polar surface area (TPSA) is 34.1 Å². The zero-order chi connectivity index (χ0) is 15.5. The highest BCUT2D eigenvalue weighted by Crippen LogP contribution is 2.30. The van der Waals surface area contributed by atoms with Gasteiger partial charge in [-0.2, -0.15) is 0 Å². The van der Waals surface area contributed by atoms with Crippen molar-refractivity contribution in [3.63, 3.8) is 0 Å². The first-order valence-electron chi connectivity index (χ1n) is 6.88. The minimum Gasteiger partial charge on any atom is -0.378 e. The van der Waals surface area contributed by atoms with Crippen LogP contribution in [0.15, 0.2) is 24.3 Å². The lowest BCUT2D eigenvalue weighted by atomic mass is 10.1. The number of nitrogens with zero attached hydrogens (tertiary/aromatic N) is 1. The van der Waals surface area contributed by atoms with Crippen LogP contribution in [0.25, 0.3) is 10.6 Å². The van der Waals surface area contributed by atoms with Crippen LogP contribution in [0.1, 0.15) is 31.3 Å². The lowest BCUT2D eigenvalue weighted by Gasteiger charge is -2.20. The number of hydrogen-bond acceptors (Lipinski definition) is 4. The Bertz CT molecular complexity index is 605. The Hall–Kier alpha value is -1.30. The summed E-state index contributed by atoms with van der Waals surface area (Å²) in [6.45, 7) is 7.48. The fraction of sp³-hybridized carbons (Fsp3) is 0.438. The maximum atomic E-state index is 13.9. The van der Waals surface area contributed by atoms with Gasteiger partial charge >= 0.3 is 0 Å². The third kappa shape index (κ3) is 4.33. The van der Waals surface area contributed by atoms with Gasteiger partial charge in [0.15, 0.2) is 0 Å². The van der Waals surface area contributed by atoms with Gasteiger partial charge in [0.25, 0.3) is 0 Å². The second kappa shape index (κ2) is 6.64. The van der Waals surface area contributed by atoms with E-state index in [-0.39, 0.29) is 11.4 Å². The molecule has 5 heteroatoms. The summed E-state index contributed by atoms with van der Waals surface area (Å²) < 4.78 is 19.1. The summed E-state index contributed by atoms with van der Waals surface area (Å²) in [4.78, 5) is 5.63. The first kappa shape index (κ1) is 16.1. The maximum Gasteiger partial charge on any atom is 0.133 e. The highest BCUT2D eigenvalue weighted by molar-refractivity contribution is 7.15. The van der Waals surface area contributed by atoms with Gasteiger partial charge in [0.2, 0.25) is 0 Å². The van der Waals surface area contributed by atoms with E-state index >= 15 is 0 Å². The molecule has 2 rings (SSSR count). The van der Waals surface area contributed by atoms with Crippen LogP contribution in [0, 0.1) is 5.82 Å². The number of hydrogen-bond donors (Lipinski definition) is 1. The number of aromatic nitrogens is 1. The zero-order valence-electron chi connectivity index (χ0n) is 12.9. The lowest BCUT2D eigenvalue weighted by Crippen LogP contribution is -2.35. The third-order valence-electron chi connectivity index (χ3n) is 2.94. The lowest BCUT2D eigenvalue weighted by molar-refractivity contribution is 0.181. The van der Waals surface area contributed by atoms with Crippen molar-refractivity contribution in [2.75, 3.05) is 7.11 Å². The van der Waals surface area contributed by atoms with E-state index in [2.05, 4.69) is 31.1 Å². The van der Waals surface area contributed by atoms with Gasteiger partial charge in [0.05, 0.1) is 12.3 Å². The molecule has 0 unspecified atom stereocenters. The molecule has 0 aliphatic heterocycles. The molecule has 0 bridgehead atoms. The summed E-state index contributed by atoms with van der Waals surface area (Å²) in [5.74, 6) is -0.245. The Morgan fingerprint density at radius 2 is 2.00 bits per heavy atom. The molecular formula is C16H21FN2OS. The largest absolute Gasteiger partial charge is 0.378 e. The van der Waals surface area contributed by atoms with Crippen molar-refractivity contribution < 1.29 is 9.13 Å². The molecule has 21 heavy (non-hydrogen) atoms. The minimum absolute atomic E-state index is 0.0203. The summed E-state index contributed by atoms with van der Waals surface area (Å²) >= 11 is 1.51. The van der Waals surface area contributed by atoms with Crippen molar-refractivity contribution in [1.29, 1.82) is 0 Å². The molecule has 0 radical (unpaired) electrons. The molecule has 3 nitrogen and oxygen atoms in total. The Morgan fingerprint density at radius 1 is 1.29 bits per heavy atom. The molecule has 1 aromatic heterocycles. The molecule has 114 valence electrons. The predicted octanol–water partition coefficient (Wildman–Crippen LogP) is 3.98. The van der Waals surface area contributed by atoms with Crippen LogP contribution >= 0.6 is 11.3 Å². The molecule has 1 heterocycles. The van der Waals surface area contributed by atoms with Gasteiger partial charge in [-0.25, -0.2) is 9.37 Å². The normalized spacial score (nSPS) is 11.9. The Labute approximate surface area is 129 Å². The number of thiazole rings is 1. The summed E-state index contributed by atoms with van der Waals surface area (Å²) in [5.41, 5.74) is 1.44. The fourth-order valence-corrected chi connectivity index (χ4v) is 2.90. The number of methoxy groups -OCH3 is 1. The molecule has 1 aromatic carbocycles. The molecule has 0 saturated carbocycles. The number of rotatable bonds is 5. The van der Waals surface area contributed by atoms with E-state index in [1.54, 1.807) is 19.2 Å². The standard InChI is InChI=1S/C16H21FN2OS/c1-16(2,3)18-9-14-13(10-20-4)19-15(21-14)11-7-5-6-8-12(11)17/h5-8,18H,9-10H2,1-4H3. The van der Waals surface area contributed by atoms with E-state index in [0.29, 0.717) is 23.7 Å². The summed E-state index contributed by atoms with van der Waals surface area (Å²) in [7, 11) is 1.64. The van der Waals surface area contributed by atoms with Gasteiger partial charge in [-0.05, 0) is 32.9 Å². The average molecular weight is 308 g/mol. The van der Waals surface area contributed by atoms with Crippen LogP contribution in [0.5, 0.6) is 0 Å². The van der Waals surface area contributed by atoms with Gasteiger partial charge in [0.1, 0.15) is 10.8 Å². The predicted molar refractivity (Wildman–Crippen MR) is 84.8 cm³/mol. The molecule has 0 saturated heterocycles. The van der Waals surface area contributed by atoms with Crippen molar-refractivity contribution in [2.24, 2.45) is 0 Å². The van der Waals surface area contributed by atoms with Gasteiger partial charge in [-0.3, -0.25) is 0 Å². The van der Waals surface area contributed by atoms with Crippen molar-refractivity contribution in [2.45, 2.75) is 39.5 Å². The van der Waals surface area contributed by atoms with Crippen LogP contribution in [0.3, 0.4) is 0 Å². The van der Waals surface area contributed by atoms with Gasteiger partial charge in [-0.15, -0.1) is 11.3 Å². The average Bonchev–Trinajstić information content (AvgIpc) is 2.80. The number of benzene rings is 1. The highest BCUT2D eigenvalue weighted by atomic mass is 32.1.